The monoisotopic (exact) mass is 503 g/mol. The minimum atomic E-state index is -2.98. The van der Waals surface area contributed by atoms with Crippen molar-refractivity contribution in [2.45, 2.75) is 39.8 Å². The molecule has 36 heavy (non-hydrogen) atoms. The highest BCUT2D eigenvalue weighted by Crippen LogP contribution is 2.36. The van der Waals surface area contributed by atoms with Crippen molar-refractivity contribution in [1.29, 1.82) is 0 Å². The molecule has 1 radical (unpaired) electrons. The first-order valence-corrected chi connectivity index (χ1v) is 11.6. The number of hydrogen-bond acceptors (Lipinski definition) is 6. The van der Waals surface area contributed by atoms with Crippen LogP contribution in [0.15, 0.2) is 40.8 Å². The number of nitrogens with one attached hydrogen (secondary N) is 1. The van der Waals surface area contributed by atoms with Gasteiger partial charge < -0.3 is 23.9 Å². The lowest BCUT2D eigenvalue weighted by atomic mass is 10.1. The van der Waals surface area contributed by atoms with Gasteiger partial charge in [0.1, 0.15) is 23.0 Å². The Morgan fingerprint density at radius 2 is 1.97 bits per heavy atom. The molecule has 2 aromatic carbocycles. The van der Waals surface area contributed by atoms with E-state index in [2.05, 4.69) is 15.0 Å². The number of hydrogen-bond donors (Lipinski definition) is 1. The molecule has 10 heteroatoms. The van der Waals surface area contributed by atoms with E-state index in [9.17, 15) is 18.0 Å². The van der Waals surface area contributed by atoms with Gasteiger partial charge in [0.05, 0.1) is 25.3 Å². The van der Waals surface area contributed by atoms with Crippen LogP contribution in [0.1, 0.15) is 48.5 Å². The number of rotatable bonds is 12. The lowest BCUT2D eigenvalue weighted by molar-refractivity contribution is -0.0515. The number of alkyl halides is 2. The molecule has 0 bridgehead atoms. The predicted molar refractivity (Wildman–Crippen MR) is 125 cm³/mol. The Labute approximate surface area is 206 Å². The standard InChI is InChI=1S/C26H26F3N2O5/c1-3-20-19(13-30-24(32)18-9-8-17(27)12-22(18)33-4-2)31-25(35-20)16-7-10-21(36-26(28)29)23(11-16)34-14-15-5-6-15/h3,7-12,15,26H,4-6,13-14H2,1-2H3,(H,30,32). The first kappa shape index (κ1) is 25.4. The van der Waals surface area contributed by atoms with Crippen LogP contribution >= 0.6 is 0 Å². The van der Waals surface area contributed by atoms with Crippen molar-refractivity contribution in [2.75, 3.05) is 13.2 Å². The second-order valence-electron chi connectivity index (χ2n) is 8.17. The van der Waals surface area contributed by atoms with Gasteiger partial charge in [-0.2, -0.15) is 8.78 Å². The molecule has 4 rings (SSSR count). The maximum Gasteiger partial charge on any atom is 0.387 e. The molecule has 1 aliphatic rings. The van der Waals surface area contributed by atoms with E-state index in [-0.39, 0.29) is 41.9 Å². The molecule has 1 saturated carbocycles. The molecule has 0 atom stereocenters. The number of carbonyl (C=O) groups excluding carboxylic acids is 1. The molecule has 1 fully saturated rings. The summed E-state index contributed by atoms with van der Waals surface area (Å²) in [6.07, 6.45) is 3.78. The number of carbonyl (C=O) groups is 1. The molecule has 1 amide bonds. The zero-order valence-corrected chi connectivity index (χ0v) is 19.9. The molecule has 0 spiro atoms. The molecule has 1 aliphatic carbocycles. The Kier molecular flexibility index (Phi) is 8.02. The smallest absolute Gasteiger partial charge is 0.387 e. The molecule has 0 aliphatic heterocycles. The first-order valence-electron chi connectivity index (χ1n) is 11.6. The van der Waals surface area contributed by atoms with Gasteiger partial charge in [-0.3, -0.25) is 4.79 Å². The SMILES string of the molecule is C[CH]c1oc(-c2ccc(OC(F)F)c(OCC3CC3)c2)nc1CNC(=O)c1ccc(F)cc1OCC. The van der Waals surface area contributed by atoms with Gasteiger partial charge in [-0.1, -0.05) is 6.92 Å². The normalized spacial score (nSPS) is 13.1. The van der Waals surface area contributed by atoms with Crippen LogP contribution in [0, 0.1) is 18.2 Å². The van der Waals surface area contributed by atoms with E-state index in [1.807, 2.05) is 0 Å². The highest BCUT2D eigenvalue weighted by atomic mass is 19.3. The summed E-state index contributed by atoms with van der Waals surface area (Å²) < 4.78 is 60.7. The number of ether oxygens (including phenoxy) is 3. The van der Waals surface area contributed by atoms with Gasteiger partial charge in [0.15, 0.2) is 11.5 Å². The largest absolute Gasteiger partial charge is 0.493 e. The minimum absolute atomic E-state index is 0.0303. The van der Waals surface area contributed by atoms with E-state index >= 15 is 0 Å². The van der Waals surface area contributed by atoms with E-state index in [0.717, 1.165) is 18.9 Å². The second-order valence-corrected chi connectivity index (χ2v) is 8.17. The third-order valence-electron chi connectivity index (χ3n) is 5.47. The van der Waals surface area contributed by atoms with Crippen LogP contribution in [-0.2, 0) is 6.54 Å². The van der Waals surface area contributed by atoms with Gasteiger partial charge >= 0.3 is 6.61 Å². The number of benzene rings is 2. The topological polar surface area (TPSA) is 82.8 Å². The van der Waals surface area contributed by atoms with Crippen molar-refractivity contribution in [3.63, 3.8) is 0 Å². The molecule has 0 unspecified atom stereocenters. The summed E-state index contributed by atoms with van der Waals surface area (Å²) in [5, 5.41) is 2.74. The second kappa shape index (κ2) is 11.4. The molecule has 1 heterocycles. The number of oxazole rings is 1. The van der Waals surface area contributed by atoms with Crippen molar-refractivity contribution < 1.29 is 36.6 Å². The summed E-state index contributed by atoms with van der Waals surface area (Å²) in [7, 11) is 0. The van der Waals surface area contributed by atoms with Crippen molar-refractivity contribution >= 4 is 5.91 Å². The van der Waals surface area contributed by atoms with Gasteiger partial charge in [0, 0.05) is 18.1 Å². The fourth-order valence-electron chi connectivity index (χ4n) is 3.50. The Morgan fingerprint density at radius 3 is 2.67 bits per heavy atom. The van der Waals surface area contributed by atoms with Gasteiger partial charge in [-0.25, -0.2) is 9.37 Å². The van der Waals surface area contributed by atoms with E-state index in [4.69, 9.17) is 13.9 Å². The van der Waals surface area contributed by atoms with Crippen LogP contribution in [0.4, 0.5) is 13.2 Å². The van der Waals surface area contributed by atoms with E-state index in [0.29, 0.717) is 29.5 Å². The maximum absolute atomic E-state index is 13.6. The number of halogens is 3. The molecule has 1 aromatic heterocycles. The molecule has 0 saturated heterocycles. The van der Waals surface area contributed by atoms with Crippen LogP contribution in [0.2, 0.25) is 0 Å². The van der Waals surface area contributed by atoms with Crippen molar-refractivity contribution in [2.24, 2.45) is 5.92 Å². The molecule has 191 valence electrons. The van der Waals surface area contributed by atoms with Crippen LogP contribution < -0.4 is 19.5 Å². The molecule has 7 nitrogen and oxygen atoms in total. The van der Waals surface area contributed by atoms with E-state index in [1.54, 1.807) is 32.4 Å². The number of amides is 1. The molecule has 1 N–H and O–H groups in total. The fraction of sp³-hybridized carbons (Fsp3) is 0.346. The lowest BCUT2D eigenvalue weighted by Crippen LogP contribution is -2.24. The third kappa shape index (κ3) is 6.30. The average Bonchev–Trinajstić information content (AvgIpc) is 3.59. The van der Waals surface area contributed by atoms with Crippen LogP contribution in [0.3, 0.4) is 0 Å². The lowest BCUT2D eigenvalue weighted by Gasteiger charge is -2.12. The summed E-state index contributed by atoms with van der Waals surface area (Å²) in [5.41, 5.74) is 1.14. The van der Waals surface area contributed by atoms with Gasteiger partial charge in [0.2, 0.25) is 5.89 Å². The summed E-state index contributed by atoms with van der Waals surface area (Å²) >= 11 is 0. The van der Waals surface area contributed by atoms with E-state index < -0.39 is 18.3 Å². The van der Waals surface area contributed by atoms with Gasteiger partial charge in [-0.15, -0.1) is 0 Å². The molecular weight excluding hydrogens is 477 g/mol. The Bertz CT molecular complexity index is 1210. The Morgan fingerprint density at radius 1 is 1.17 bits per heavy atom. The van der Waals surface area contributed by atoms with Crippen molar-refractivity contribution in [3.05, 3.63) is 65.7 Å². The van der Waals surface area contributed by atoms with E-state index in [1.165, 1.54) is 18.2 Å². The zero-order chi connectivity index (χ0) is 25.7. The Balaban J connectivity index is 1.52. The molecular formula is C26H26F3N2O5. The summed E-state index contributed by atoms with van der Waals surface area (Å²) in [6.45, 7) is 1.23. The van der Waals surface area contributed by atoms with Crippen LogP contribution in [0.5, 0.6) is 17.2 Å². The van der Waals surface area contributed by atoms with Gasteiger partial charge in [0.25, 0.3) is 5.91 Å². The van der Waals surface area contributed by atoms with Crippen molar-refractivity contribution in [1.82, 2.24) is 10.3 Å². The Hall–Kier alpha value is -3.69. The quantitative estimate of drug-likeness (QED) is 0.338. The van der Waals surface area contributed by atoms with Gasteiger partial charge in [-0.05, 0) is 56.0 Å². The van der Waals surface area contributed by atoms with Crippen molar-refractivity contribution in [3.8, 4) is 28.7 Å². The summed E-state index contributed by atoms with van der Waals surface area (Å²) in [6, 6.07) is 8.16. The summed E-state index contributed by atoms with van der Waals surface area (Å²) in [5.74, 6) is 0.346. The zero-order valence-electron chi connectivity index (χ0n) is 19.9. The maximum atomic E-state index is 13.6. The fourth-order valence-corrected chi connectivity index (χ4v) is 3.50. The number of nitrogens with zero attached hydrogens (tertiary/aromatic N) is 1. The first-order chi connectivity index (χ1) is 17.4. The van der Waals surface area contributed by atoms with Crippen LogP contribution in [-0.4, -0.2) is 30.7 Å². The third-order valence-corrected chi connectivity index (χ3v) is 5.47. The number of aromatic nitrogens is 1. The average molecular weight is 503 g/mol. The highest BCUT2D eigenvalue weighted by Gasteiger charge is 2.24. The predicted octanol–water partition coefficient (Wildman–Crippen LogP) is 5.77. The minimum Gasteiger partial charge on any atom is -0.493 e. The van der Waals surface area contributed by atoms with Crippen LogP contribution in [0.25, 0.3) is 11.5 Å². The molecule has 3 aromatic rings. The highest BCUT2D eigenvalue weighted by molar-refractivity contribution is 5.96. The summed E-state index contributed by atoms with van der Waals surface area (Å²) in [4.78, 5) is 17.2.